The molecule has 2 rings (SSSR count). The predicted molar refractivity (Wildman–Crippen MR) is 85.4 cm³/mol. The van der Waals surface area contributed by atoms with Gasteiger partial charge in [-0.2, -0.15) is 0 Å². The number of aliphatic hydroxyl groups is 1. The summed E-state index contributed by atoms with van der Waals surface area (Å²) in [5.41, 5.74) is 1.99. The maximum Gasteiger partial charge on any atom is 0.246 e. The third kappa shape index (κ3) is 4.98. The van der Waals surface area contributed by atoms with Gasteiger partial charge in [0.2, 0.25) is 5.91 Å². The smallest absolute Gasteiger partial charge is 0.246 e. The van der Waals surface area contributed by atoms with Crippen LogP contribution in [0.2, 0.25) is 0 Å². The minimum atomic E-state index is -0.567. The van der Waals surface area contributed by atoms with Crippen LogP contribution in [0, 0.1) is 0 Å². The van der Waals surface area contributed by atoms with Crippen LogP contribution in [-0.4, -0.2) is 30.3 Å². The van der Waals surface area contributed by atoms with E-state index in [1.165, 1.54) is 0 Å². The van der Waals surface area contributed by atoms with Crippen molar-refractivity contribution in [2.75, 3.05) is 13.2 Å². The number of amides is 1. The third-order valence-electron chi connectivity index (χ3n) is 3.18. The molecule has 116 valence electrons. The molecule has 0 fully saturated rings. The Kier molecular flexibility index (Phi) is 6.13. The molecular formula is C18H21NO3. The zero-order valence-corrected chi connectivity index (χ0v) is 12.6. The van der Waals surface area contributed by atoms with Crippen molar-refractivity contribution >= 4 is 5.91 Å². The number of rotatable bonds is 7. The molecule has 0 heterocycles. The second kappa shape index (κ2) is 8.32. The number of carbonyl (C=O) groups is 1. The molecule has 2 aromatic rings. The van der Waals surface area contributed by atoms with Gasteiger partial charge in [-0.25, -0.2) is 0 Å². The first kappa shape index (κ1) is 16.2. The summed E-state index contributed by atoms with van der Waals surface area (Å²) >= 11 is 0. The Morgan fingerprint density at radius 2 is 1.55 bits per heavy atom. The minimum absolute atomic E-state index is 0.0544. The van der Waals surface area contributed by atoms with E-state index in [1.54, 1.807) is 6.92 Å². The maximum atomic E-state index is 11.8. The molecule has 0 saturated carbocycles. The Bertz CT molecular complexity index is 530. The summed E-state index contributed by atoms with van der Waals surface area (Å²) in [6.45, 7) is 1.79. The highest BCUT2D eigenvalue weighted by atomic mass is 16.5. The lowest BCUT2D eigenvalue weighted by atomic mass is 10.0. The molecule has 2 N–H and O–H groups in total. The van der Waals surface area contributed by atoms with Crippen molar-refractivity contribution in [1.29, 1.82) is 0 Å². The largest absolute Gasteiger partial charge is 0.392 e. The number of nitrogens with one attached hydrogen (secondary N) is 1. The van der Waals surface area contributed by atoms with Gasteiger partial charge in [-0.3, -0.25) is 4.79 Å². The monoisotopic (exact) mass is 299 g/mol. The quantitative estimate of drug-likeness (QED) is 0.824. The number of hydrogen-bond acceptors (Lipinski definition) is 3. The molecule has 0 spiro atoms. The molecule has 4 nitrogen and oxygen atoms in total. The lowest BCUT2D eigenvalue weighted by Gasteiger charge is -2.19. The molecule has 4 heteroatoms. The first-order chi connectivity index (χ1) is 10.7. The molecule has 2 aromatic carbocycles. The molecule has 0 saturated heterocycles. The highest BCUT2D eigenvalue weighted by Gasteiger charge is 2.16. The van der Waals surface area contributed by atoms with E-state index in [2.05, 4.69) is 5.32 Å². The van der Waals surface area contributed by atoms with Gasteiger partial charge in [-0.05, 0) is 18.1 Å². The Hall–Kier alpha value is -2.17. The Morgan fingerprint density at radius 3 is 2.00 bits per heavy atom. The third-order valence-corrected chi connectivity index (χ3v) is 3.18. The molecule has 0 aliphatic heterocycles. The molecule has 22 heavy (non-hydrogen) atoms. The van der Waals surface area contributed by atoms with E-state index in [1.807, 2.05) is 60.7 Å². The lowest BCUT2D eigenvalue weighted by Crippen LogP contribution is -2.33. The number of carbonyl (C=O) groups excluding carboxylic acids is 1. The van der Waals surface area contributed by atoms with Crippen LogP contribution in [0.3, 0.4) is 0 Å². The van der Waals surface area contributed by atoms with E-state index in [9.17, 15) is 9.90 Å². The van der Waals surface area contributed by atoms with Crippen LogP contribution in [0.1, 0.15) is 24.2 Å². The summed E-state index contributed by atoms with van der Waals surface area (Å²) < 4.78 is 5.81. The first-order valence-electron chi connectivity index (χ1n) is 7.33. The Morgan fingerprint density at radius 1 is 1.05 bits per heavy atom. The summed E-state index contributed by atoms with van der Waals surface area (Å²) in [7, 11) is 0. The van der Waals surface area contributed by atoms with Gasteiger partial charge in [-0.15, -0.1) is 0 Å². The molecular weight excluding hydrogens is 278 g/mol. The number of benzene rings is 2. The van der Waals surface area contributed by atoms with Crippen LogP contribution in [0.25, 0.3) is 0 Å². The van der Waals surface area contributed by atoms with Crippen molar-refractivity contribution in [3.63, 3.8) is 0 Å². The van der Waals surface area contributed by atoms with Crippen molar-refractivity contribution in [2.45, 2.75) is 19.1 Å². The van der Waals surface area contributed by atoms with Gasteiger partial charge >= 0.3 is 0 Å². The van der Waals surface area contributed by atoms with E-state index in [0.717, 1.165) is 11.1 Å². The average Bonchev–Trinajstić information content (AvgIpc) is 2.55. The zero-order chi connectivity index (χ0) is 15.8. The van der Waals surface area contributed by atoms with E-state index >= 15 is 0 Å². The van der Waals surface area contributed by atoms with Crippen molar-refractivity contribution < 1.29 is 14.6 Å². The van der Waals surface area contributed by atoms with E-state index in [-0.39, 0.29) is 25.2 Å². The van der Waals surface area contributed by atoms with Crippen LogP contribution in [0.4, 0.5) is 0 Å². The fourth-order valence-corrected chi connectivity index (χ4v) is 2.11. The summed E-state index contributed by atoms with van der Waals surface area (Å²) in [4.78, 5) is 11.8. The molecule has 1 atom stereocenters. The van der Waals surface area contributed by atoms with Crippen molar-refractivity contribution in [2.24, 2.45) is 0 Å². The van der Waals surface area contributed by atoms with Gasteiger partial charge in [0.1, 0.15) is 12.7 Å². The topological polar surface area (TPSA) is 58.6 Å². The normalized spacial score (nSPS) is 12.1. The number of ether oxygens (including phenoxy) is 1. The molecule has 0 aromatic heterocycles. The van der Waals surface area contributed by atoms with Crippen LogP contribution >= 0.6 is 0 Å². The second-order valence-corrected chi connectivity index (χ2v) is 5.17. The highest BCUT2D eigenvalue weighted by molar-refractivity contribution is 5.77. The summed E-state index contributed by atoms with van der Waals surface area (Å²) in [6, 6.07) is 19.6. The Labute approximate surface area is 130 Å². The average molecular weight is 299 g/mol. The molecule has 0 aliphatic rings. The van der Waals surface area contributed by atoms with E-state index in [0.29, 0.717) is 0 Å². The second-order valence-electron chi connectivity index (χ2n) is 5.17. The van der Waals surface area contributed by atoms with Gasteiger partial charge in [-0.1, -0.05) is 60.7 Å². The molecule has 0 radical (unpaired) electrons. The van der Waals surface area contributed by atoms with E-state index < -0.39 is 6.10 Å². The number of hydrogen-bond donors (Lipinski definition) is 2. The molecule has 0 bridgehead atoms. The van der Waals surface area contributed by atoms with Gasteiger partial charge in [0, 0.05) is 6.54 Å². The Balaban J connectivity index is 2.05. The van der Waals surface area contributed by atoms with E-state index in [4.69, 9.17) is 4.74 Å². The summed E-state index contributed by atoms with van der Waals surface area (Å²) in [6.07, 6.45) is -0.859. The SMILES string of the molecule is CC(O)CNC(=O)COC(c1ccccc1)c1ccccc1. The minimum Gasteiger partial charge on any atom is -0.392 e. The first-order valence-corrected chi connectivity index (χ1v) is 7.33. The van der Waals surface area contributed by atoms with Crippen LogP contribution < -0.4 is 5.32 Å². The van der Waals surface area contributed by atoms with Gasteiger partial charge in [0.15, 0.2) is 0 Å². The van der Waals surface area contributed by atoms with Crippen molar-refractivity contribution in [3.05, 3.63) is 71.8 Å². The standard InChI is InChI=1S/C18H21NO3/c1-14(20)12-19-17(21)13-22-18(15-8-4-2-5-9-15)16-10-6-3-7-11-16/h2-11,14,18,20H,12-13H2,1H3,(H,19,21). The van der Waals surface area contributed by atoms with Crippen molar-refractivity contribution in [3.8, 4) is 0 Å². The van der Waals surface area contributed by atoms with Gasteiger partial charge in [0.25, 0.3) is 0 Å². The van der Waals surface area contributed by atoms with Crippen LogP contribution in [0.15, 0.2) is 60.7 Å². The lowest BCUT2D eigenvalue weighted by molar-refractivity contribution is -0.127. The number of aliphatic hydroxyl groups excluding tert-OH is 1. The van der Waals surface area contributed by atoms with Crippen molar-refractivity contribution in [1.82, 2.24) is 5.32 Å². The van der Waals surface area contributed by atoms with Gasteiger partial charge in [0.05, 0.1) is 6.10 Å². The maximum absolute atomic E-state index is 11.8. The van der Waals surface area contributed by atoms with Crippen LogP contribution in [-0.2, 0) is 9.53 Å². The van der Waals surface area contributed by atoms with Gasteiger partial charge < -0.3 is 15.2 Å². The molecule has 1 amide bonds. The zero-order valence-electron chi connectivity index (χ0n) is 12.6. The molecule has 1 unspecified atom stereocenters. The summed E-state index contributed by atoms with van der Waals surface area (Å²) in [5, 5.41) is 11.8. The molecule has 0 aliphatic carbocycles. The van der Waals surface area contributed by atoms with Crippen LogP contribution in [0.5, 0.6) is 0 Å². The fraction of sp³-hybridized carbons (Fsp3) is 0.278. The predicted octanol–water partition coefficient (Wildman–Crippen LogP) is 2.29. The highest BCUT2D eigenvalue weighted by Crippen LogP contribution is 2.25. The summed E-state index contributed by atoms with van der Waals surface area (Å²) in [5.74, 6) is -0.238. The fourth-order valence-electron chi connectivity index (χ4n) is 2.11.